The molecule has 12 heteroatoms. The molecule has 218 valence electrons. The number of rotatable bonds is 9. The average Bonchev–Trinajstić information content (AvgIpc) is 3.52. The Hall–Kier alpha value is -2.80. The Morgan fingerprint density at radius 1 is 1.12 bits per heavy atom. The summed E-state index contributed by atoms with van der Waals surface area (Å²) in [7, 11) is 0. The third-order valence-corrected chi connectivity index (χ3v) is 8.02. The van der Waals surface area contributed by atoms with Gasteiger partial charge in [0.2, 0.25) is 5.95 Å². The summed E-state index contributed by atoms with van der Waals surface area (Å²) in [4.78, 5) is 16.1. The first kappa shape index (κ1) is 28.7. The highest BCUT2D eigenvalue weighted by atomic mass is 19.3. The fourth-order valence-corrected chi connectivity index (χ4v) is 5.98. The van der Waals surface area contributed by atoms with Crippen molar-refractivity contribution in [2.24, 2.45) is 5.92 Å². The highest BCUT2D eigenvalue weighted by molar-refractivity contribution is 5.71. The van der Waals surface area contributed by atoms with Crippen LogP contribution in [0, 0.1) is 18.7 Å². The monoisotopic (exact) mass is 560 g/mol. The van der Waals surface area contributed by atoms with E-state index in [1.165, 1.54) is 12.1 Å². The van der Waals surface area contributed by atoms with Crippen LogP contribution in [-0.2, 0) is 11.3 Å². The summed E-state index contributed by atoms with van der Waals surface area (Å²) in [6.45, 7) is 13.2. The van der Waals surface area contributed by atoms with Gasteiger partial charge < -0.3 is 9.30 Å². The van der Waals surface area contributed by atoms with Crippen LogP contribution in [0.2, 0.25) is 0 Å². The van der Waals surface area contributed by atoms with Gasteiger partial charge >= 0.3 is 0 Å². The predicted molar refractivity (Wildman–Crippen MR) is 147 cm³/mol. The van der Waals surface area contributed by atoms with Crippen LogP contribution < -0.4 is 11.0 Å². The third-order valence-electron chi connectivity index (χ3n) is 8.02. The van der Waals surface area contributed by atoms with Crippen LogP contribution in [0.25, 0.3) is 11.2 Å². The molecule has 2 saturated heterocycles. The van der Waals surface area contributed by atoms with E-state index < -0.39 is 17.8 Å². The molecule has 2 aromatic heterocycles. The molecule has 9 nitrogen and oxygen atoms in total. The lowest BCUT2D eigenvalue weighted by Crippen LogP contribution is -2.62. The number of halogens is 3. The Bertz CT molecular complexity index is 1310. The van der Waals surface area contributed by atoms with Crippen LogP contribution in [0.1, 0.15) is 70.0 Å². The number of ether oxygens (including phenoxy) is 1. The summed E-state index contributed by atoms with van der Waals surface area (Å²) in [6, 6.07) is 4.21. The van der Waals surface area contributed by atoms with Crippen molar-refractivity contribution >= 4 is 17.1 Å². The predicted octanol–water partition coefficient (Wildman–Crippen LogP) is 5.01. The summed E-state index contributed by atoms with van der Waals surface area (Å²) in [5.41, 5.74) is 8.10. The number of aryl methyl sites for hydroxylation is 1. The molecule has 3 aromatic rings. The van der Waals surface area contributed by atoms with Gasteiger partial charge in [-0.3, -0.25) is 10.3 Å². The molecule has 1 aromatic carbocycles. The SMILES string of the molecule is Cc1nc2cnc(NNN3C[C@@H](C)N(C(c4ccc(C(F)F)c(F)c4)C(C)C)C[C@@H]3C)nc2n1C[C@@H]1CCCO1. The minimum Gasteiger partial charge on any atom is -0.376 e. The first-order valence-corrected chi connectivity index (χ1v) is 14.0. The van der Waals surface area contributed by atoms with Crippen molar-refractivity contribution in [3.8, 4) is 0 Å². The number of fused-ring (bicyclic) bond motifs is 1. The van der Waals surface area contributed by atoms with Gasteiger partial charge in [-0.2, -0.15) is 10.5 Å². The van der Waals surface area contributed by atoms with Gasteiger partial charge in [-0.05, 0) is 51.2 Å². The number of nitrogens with one attached hydrogen (secondary N) is 2. The molecule has 4 heterocycles. The van der Waals surface area contributed by atoms with E-state index in [0.29, 0.717) is 31.1 Å². The van der Waals surface area contributed by atoms with Gasteiger partial charge in [-0.25, -0.2) is 28.1 Å². The number of hydrazine groups is 2. The highest BCUT2D eigenvalue weighted by Gasteiger charge is 2.36. The fourth-order valence-electron chi connectivity index (χ4n) is 5.98. The van der Waals surface area contributed by atoms with Gasteiger partial charge in [0.05, 0.1) is 24.4 Å². The summed E-state index contributed by atoms with van der Waals surface area (Å²) < 4.78 is 48.6. The second kappa shape index (κ2) is 12.0. The first-order valence-electron chi connectivity index (χ1n) is 14.0. The number of nitrogens with zero attached hydrogens (tertiary/aromatic N) is 6. The number of aromatic nitrogens is 4. The second-order valence-corrected chi connectivity index (χ2v) is 11.4. The molecule has 0 amide bonds. The summed E-state index contributed by atoms with van der Waals surface area (Å²) >= 11 is 0. The van der Waals surface area contributed by atoms with E-state index in [-0.39, 0.29) is 30.1 Å². The largest absolute Gasteiger partial charge is 0.376 e. The number of hydrogen-bond acceptors (Lipinski definition) is 8. The molecular formula is C28H39F3N8O. The van der Waals surface area contributed by atoms with Crippen LogP contribution in [0.4, 0.5) is 19.1 Å². The number of imidazole rings is 1. The number of anilines is 1. The van der Waals surface area contributed by atoms with Crippen molar-refractivity contribution < 1.29 is 17.9 Å². The van der Waals surface area contributed by atoms with Gasteiger partial charge in [-0.1, -0.05) is 26.0 Å². The molecule has 0 saturated carbocycles. The van der Waals surface area contributed by atoms with Gasteiger partial charge in [0.1, 0.15) is 17.2 Å². The summed E-state index contributed by atoms with van der Waals surface area (Å²) in [5, 5.41) is 2.10. The Morgan fingerprint density at radius 3 is 2.60 bits per heavy atom. The van der Waals surface area contributed by atoms with Crippen molar-refractivity contribution in [3.05, 3.63) is 47.2 Å². The van der Waals surface area contributed by atoms with Crippen molar-refractivity contribution in [3.63, 3.8) is 0 Å². The molecule has 1 unspecified atom stereocenters. The molecule has 0 radical (unpaired) electrons. The zero-order chi connectivity index (χ0) is 28.6. The van der Waals surface area contributed by atoms with Crippen LogP contribution in [0.5, 0.6) is 0 Å². The zero-order valence-electron chi connectivity index (χ0n) is 23.7. The van der Waals surface area contributed by atoms with E-state index in [2.05, 4.69) is 63.1 Å². The third kappa shape index (κ3) is 5.95. The molecule has 2 fully saturated rings. The number of hydrogen-bond donors (Lipinski definition) is 2. The van der Waals surface area contributed by atoms with Gasteiger partial charge in [-0.15, -0.1) is 0 Å². The minimum absolute atomic E-state index is 0.0890. The molecule has 2 N–H and O–H groups in total. The van der Waals surface area contributed by atoms with Crippen molar-refractivity contribution in [1.82, 2.24) is 35.0 Å². The van der Waals surface area contributed by atoms with Crippen molar-refractivity contribution in [2.75, 3.05) is 25.1 Å². The standard InChI is InChI=1S/C28H39F3N8O/c1-16(2)25(20-8-9-22(26(30)31)23(29)11-20)37-13-18(4)39(14-17(37)3)36-35-28-32-12-24-27(34-28)38(19(5)33-24)15-21-7-6-10-40-21/h8-9,11-12,16-18,21,25-26,36H,6-7,10,13-15H2,1-5H3,(H,32,34,35)/t17-,18+,21+,25?/m1/s1. The molecule has 0 aliphatic carbocycles. The van der Waals surface area contributed by atoms with Crippen molar-refractivity contribution in [2.45, 2.75) is 84.7 Å². The fraction of sp³-hybridized carbons (Fsp3) is 0.607. The smallest absolute Gasteiger partial charge is 0.266 e. The summed E-state index contributed by atoms with van der Waals surface area (Å²) in [5.74, 6) is 0.629. The summed E-state index contributed by atoms with van der Waals surface area (Å²) in [6.07, 6.45) is 1.18. The molecule has 0 spiro atoms. The molecule has 0 bridgehead atoms. The first-order chi connectivity index (χ1) is 19.1. The molecule has 5 rings (SSSR count). The van der Waals surface area contributed by atoms with Crippen LogP contribution in [0.15, 0.2) is 24.4 Å². The van der Waals surface area contributed by atoms with Gasteiger partial charge in [0, 0.05) is 37.8 Å². The average molecular weight is 561 g/mol. The quantitative estimate of drug-likeness (QED) is 0.354. The van der Waals surface area contributed by atoms with Gasteiger partial charge in [0.25, 0.3) is 6.43 Å². The number of benzene rings is 1. The van der Waals surface area contributed by atoms with Crippen LogP contribution in [-0.4, -0.2) is 67.3 Å². The molecule has 2 aliphatic rings. The normalized spacial score (nSPS) is 23.5. The van der Waals surface area contributed by atoms with E-state index in [9.17, 15) is 13.2 Å². The van der Waals surface area contributed by atoms with E-state index in [1.54, 1.807) is 12.3 Å². The molecule has 2 aliphatic heterocycles. The lowest BCUT2D eigenvalue weighted by Gasteiger charge is -2.48. The number of alkyl halides is 2. The second-order valence-electron chi connectivity index (χ2n) is 11.4. The lowest BCUT2D eigenvalue weighted by molar-refractivity contribution is -0.0199. The highest BCUT2D eigenvalue weighted by Crippen LogP contribution is 2.35. The van der Waals surface area contributed by atoms with E-state index >= 15 is 0 Å². The Morgan fingerprint density at radius 2 is 1.93 bits per heavy atom. The Kier molecular flexibility index (Phi) is 8.60. The maximum Gasteiger partial charge on any atom is 0.266 e. The Labute approximate surface area is 233 Å². The lowest BCUT2D eigenvalue weighted by atomic mass is 9.91. The maximum absolute atomic E-state index is 14.5. The van der Waals surface area contributed by atoms with Gasteiger partial charge in [0.15, 0.2) is 5.65 Å². The Balaban J connectivity index is 1.26. The topological polar surface area (TPSA) is 83.4 Å². The van der Waals surface area contributed by atoms with E-state index in [1.807, 2.05) is 6.92 Å². The van der Waals surface area contributed by atoms with Crippen LogP contribution >= 0.6 is 0 Å². The van der Waals surface area contributed by atoms with E-state index in [0.717, 1.165) is 36.4 Å². The molecular weight excluding hydrogens is 521 g/mol. The maximum atomic E-state index is 14.5. The van der Waals surface area contributed by atoms with E-state index in [4.69, 9.17) is 9.72 Å². The zero-order valence-corrected chi connectivity index (χ0v) is 23.7. The van der Waals surface area contributed by atoms with Crippen LogP contribution in [0.3, 0.4) is 0 Å². The molecule has 4 atom stereocenters. The minimum atomic E-state index is -2.83. The van der Waals surface area contributed by atoms with Crippen molar-refractivity contribution in [1.29, 1.82) is 0 Å². The molecule has 40 heavy (non-hydrogen) atoms. The number of piperazine rings is 1.